The van der Waals surface area contributed by atoms with E-state index in [1.165, 1.54) is 24.0 Å². The largest absolute Gasteiger partial charge is 0.469 e. The van der Waals surface area contributed by atoms with E-state index in [0.29, 0.717) is 0 Å². The smallest absolute Gasteiger partial charge is 0.251 e. The average molecular weight is 397 g/mol. The second-order valence-corrected chi connectivity index (χ2v) is 9.75. The highest BCUT2D eigenvalue weighted by molar-refractivity contribution is 8.12. The summed E-state index contributed by atoms with van der Waals surface area (Å²) in [6.07, 6.45) is 8.55. The van der Waals surface area contributed by atoms with Crippen molar-refractivity contribution in [3.05, 3.63) is 59.9 Å². The second-order valence-electron chi connectivity index (χ2n) is 8.82. The maximum Gasteiger partial charge on any atom is 0.251 e. The molecule has 1 heterocycles. The van der Waals surface area contributed by atoms with E-state index in [9.17, 15) is 0 Å². The normalized spacial score (nSPS) is 20.8. The highest BCUT2D eigenvalue weighted by atomic mass is 32.2. The van der Waals surface area contributed by atoms with Gasteiger partial charge in [0.05, 0.1) is 11.9 Å². The fraction of sp³-hybridized carbons (Fsp3) is 0.500. The summed E-state index contributed by atoms with van der Waals surface area (Å²) in [6, 6.07) is 12.8. The van der Waals surface area contributed by atoms with Crippen LogP contribution in [0.2, 0.25) is 0 Å². The van der Waals surface area contributed by atoms with Crippen LogP contribution in [0.25, 0.3) is 0 Å². The number of thioether (sulfide) groups is 1. The number of aliphatic imine (C=N–C) groups is 1. The van der Waals surface area contributed by atoms with Crippen molar-refractivity contribution < 1.29 is 4.74 Å². The molecule has 0 saturated heterocycles. The molecule has 4 heteroatoms. The number of hydrogen-bond donors (Lipinski definition) is 0. The zero-order chi connectivity index (χ0) is 20.0. The predicted molar refractivity (Wildman–Crippen MR) is 120 cm³/mol. The number of rotatable bonds is 4. The van der Waals surface area contributed by atoms with Crippen molar-refractivity contribution in [3.63, 3.8) is 0 Å². The summed E-state index contributed by atoms with van der Waals surface area (Å²) in [5.41, 5.74) is 3.67. The number of hydrogen-bond acceptors (Lipinski definition) is 4. The van der Waals surface area contributed by atoms with Gasteiger partial charge in [-0.2, -0.15) is 0 Å². The molecule has 0 spiro atoms. The minimum atomic E-state index is 0.180. The molecular weight excluding hydrogens is 364 g/mol. The number of pyridine rings is 1. The highest BCUT2D eigenvalue weighted by Crippen LogP contribution is 2.29. The first-order valence-corrected chi connectivity index (χ1v) is 11.3. The van der Waals surface area contributed by atoms with Gasteiger partial charge in [0.2, 0.25) is 0 Å². The molecule has 150 valence electrons. The van der Waals surface area contributed by atoms with Crippen LogP contribution in [0.1, 0.15) is 64.5 Å². The van der Waals surface area contributed by atoms with Crippen molar-refractivity contribution in [3.8, 4) is 0 Å². The molecule has 0 bridgehead atoms. The van der Waals surface area contributed by atoms with E-state index in [1.54, 1.807) is 24.2 Å². The van der Waals surface area contributed by atoms with Gasteiger partial charge in [-0.05, 0) is 60.3 Å². The fourth-order valence-corrected chi connectivity index (χ4v) is 4.21. The molecule has 0 atom stereocenters. The van der Waals surface area contributed by atoms with Crippen LogP contribution in [0.5, 0.6) is 0 Å². The third-order valence-corrected chi connectivity index (χ3v) is 6.19. The Balaban J connectivity index is 1.67. The minimum absolute atomic E-state index is 0.180. The molecule has 1 aliphatic carbocycles. The van der Waals surface area contributed by atoms with Crippen LogP contribution in [-0.2, 0) is 15.9 Å². The zero-order valence-corrected chi connectivity index (χ0v) is 18.3. The Morgan fingerprint density at radius 1 is 1.11 bits per heavy atom. The van der Waals surface area contributed by atoms with Gasteiger partial charge in [-0.25, -0.2) is 4.99 Å². The summed E-state index contributed by atoms with van der Waals surface area (Å²) >= 11 is 1.68. The van der Waals surface area contributed by atoms with Crippen LogP contribution < -0.4 is 0 Å². The molecule has 1 aromatic heterocycles. The second kappa shape index (κ2) is 9.60. The Hall–Kier alpha value is -1.81. The molecule has 1 saturated carbocycles. The standard InChI is InChI=1S/C24H32N2OS/c1-18-7-13-22(14-8-18)27-23(26-21-6-5-15-25-16-21)28-17-19-9-11-20(12-10-19)24(2,3)4/h5-6,9-12,15-16,18,22H,7-8,13-14,17H2,1-4H3. The van der Waals surface area contributed by atoms with Crippen molar-refractivity contribution in [2.75, 3.05) is 0 Å². The molecule has 3 nitrogen and oxygen atoms in total. The Kier molecular flexibility index (Phi) is 7.17. The zero-order valence-electron chi connectivity index (χ0n) is 17.5. The van der Waals surface area contributed by atoms with Gasteiger partial charge in [-0.1, -0.05) is 63.7 Å². The highest BCUT2D eigenvalue weighted by Gasteiger charge is 2.21. The molecule has 0 N–H and O–H groups in total. The molecule has 2 aromatic rings. The third-order valence-electron chi connectivity index (χ3n) is 5.28. The van der Waals surface area contributed by atoms with E-state index >= 15 is 0 Å². The van der Waals surface area contributed by atoms with E-state index in [0.717, 1.165) is 35.4 Å². The van der Waals surface area contributed by atoms with Crippen molar-refractivity contribution in [2.45, 2.75) is 70.7 Å². The molecule has 1 aromatic carbocycles. The maximum absolute atomic E-state index is 6.33. The first-order valence-electron chi connectivity index (χ1n) is 10.3. The van der Waals surface area contributed by atoms with Gasteiger partial charge in [0.1, 0.15) is 6.10 Å². The molecule has 28 heavy (non-hydrogen) atoms. The van der Waals surface area contributed by atoms with Crippen molar-refractivity contribution in [2.24, 2.45) is 10.9 Å². The summed E-state index contributed by atoms with van der Waals surface area (Å²) < 4.78 is 6.33. The Bertz CT molecular complexity index is 757. The molecule has 0 radical (unpaired) electrons. The summed E-state index contributed by atoms with van der Waals surface area (Å²) in [7, 11) is 0. The number of benzene rings is 1. The summed E-state index contributed by atoms with van der Waals surface area (Å²) in [5, 5.41) is 0.757. The van der Waals surface area contributed by atoms with Gasteiger partial charge >= 0.3 is 0 Å². The molecule has 0 amide bonds. The molecule has 0 unspecified atom stereocenters. The van der Waals surface area contributed by atoms with Crippen LogP contribution in [-0.4, -0.2) is 16.3 Å². The van der Waals surface area contributed by atoms with Crippen LogP contribution in [0, 0.1) is 5.92 Å². The Morgan fingerprint density at radius 2 is 1.82 bits per heavy atom. The lowest BCUT2D eigenvalue weighted by Crippen LogP contribution is -2.22. The van der Waals surface area contributed by atoms with Crippen molar-refractivity contribution in [1.29, 1.82) is 0 Å². The van der Waals surface area contributed by atoms with Crippen LogP contribution in [0.4, 0.5) is 5.69 Å². The van der Waals surface area contributed by atoms with Crippen LogP contribution >= 0.6 is 11.8 Å². The summed E-state index contributed by atoms with van der Waals surface area (Å²) in [6.45, 7) is 9.06. The van der Waals surface area contributed by atoms with Gasteiger partial charge in [0.15, 0.2) is 0 Å². The first-order chi connectivity index (χ1) is 13.4. The summed E-state index contributed by atoms with van der Waals surface area (Å²) in [5.74, 6) is 1.67. The van der Waals surface area contributed by atoms with Gasteiger partial charge in [-0.3, -0.25) is 4.98 Å². The first kappa shape index (κ1) is 20.9. The lowest BCUT2D eigenvalue weighted by molar-refractivity contribution is 0.129. The molecule has 1 aliphatic rings. The predicted octanol–water partition coefficient (Wildman–Crippen LogP) is 6.90. The van der Waals surface area contributed by atoms with E-state index < -0.39 is 0 Å². The van der Waals surface area contributed by atoms with E-state index in [4.69, 9.17) is 9.73 Å². The molecule has 0 aliphatic heterocycles. The quantitative estimate of drug-likeness (QED) is 0.416. The van der Waals surface area contributed by atoms with Crippen LogP contribution in [0.15, 0.2) is 53.8 Å². The van der Waals surface area contributed by atoms with Gasteiger partial charge < -0.3 is 4.74 Å². The SMILES string of the molecule is CC1CCC(OC(=Nc2cccnc2)SCc2ccc(C(C)(C)C)cc2)CC1. The number of aromatic nitrogens is 1. The van der Waals surface area contributed by atoms with Gasteiger partial charge in [0.25, 0.3) is 5.23 Å². The minimum Gasteiger partial charge on any atom is -0.469 e. The monoisotopic (exact) mass is 396 g/mol. The van der Waals surface area contributed by atoms with Gasteiger partial charge in [0, 0.05) is 11.9 Å². The molecule has 3 rings (SSSR count). The topological polar surface area (TPSA) is 34.5 Å². The lowest BCUT2D eigenvalue weighted by Gasteiger charge is -2.27. The molecule has 1 fully saturated rings. The number of ether oxygens (including phenoxy) is 1. The van der Waals surface area contributed by atoms with Crippen molar-refractivity contribution in [1.82, 2.24) is 4.98 Å². The van der Waals surface area contributed by atoms with E-state index in [2.05, 4.69) is 56.9 Å². The maximum atomic E-state index is 6.33. The third kappa shape index (κ3) is 6.37. The fourth-order valence-electron chi connectivity index (χ4n) is 3.35. The van der Waals surface area contributed by atoms with Crippen molar-refractivity contribution >= 4 is 22.7 Å². The molecular formula is C24H32N2OS. The Labute approximate surface area is 174 Å². The van der Waals surface area contributed by atoms with Gasteiger partial charge in [-0.15, -0.1) is 0 Å². The summed E-state index contributed by atoms with van der Waals surface area (Å²) in [4.78, 5) is 8.91. The average Bonchev–Trinajstić information content (AvgIpc) is 2.68. The Morgan fingerprint density at radius 3 is 2.43 bits per heavy atom. The van der Waals surface area contributed by atoms with Crippen LogP contribution in [0.3, 0.4) is 0 Å². The number of nitrogens with zero attached hydrogens (tertiary/aromatic N) is 2. The van der Waals surface area contributed by atoms with E-state index in [-0.39, 0.29) is 11.5 Å². The van der Waals surface area contributed by atoms with E-state index in [1.807, 2.05) is 12.1 Å². The lowest BCUT2D eigenvalue weighted by atomic mass is 9.87.